The lowest BCUT2D eigenvalue weighted by molar-refractivity contribution is 0.391. The number of furan rings is 1. The fraction of sp³-hybridized carbons (Fsp3) is 0.583. The molecule has 0 aliphatic rings. The van der Waals surface area contributed by atoms with Crippen LogP contribution >= 0.6 is 0 Å². The lowest BCUT2D eigenvalue weighted by atomic mass is 10.3. The van der Waals surface area contributed by atoms with E-state index in [4.69, 9.17) is 10.3 Å². The summed E-state index contributed by atoms with van der Waals surface area (Å²) < 4.78 is 5.51. The molecule has 96 valence electrons. The predicted octanol–water partition coefficient (Wildman–Crippen LogP) is 1.64. The van der Waals surface area contributed by atoms with Gasteiger partial charge in [0, 0.05) is 13.6 Å². The van der Waals surface area contributed by atoms with Crippen LogP contribution in [0.5, 0.6) is 0 Å². The summed E-state index contributed by atoms with van der Waals surface area (Å²) in [5, 5.41) is 0. The van der Waals surface area contributed by atoms with E-state index >= 15 is 0 Å². The average Bonchev–Trinajstić information content (AvgIpc) is 2.70. The van der Waals surface area contributed by atoms with Gasteiger partial charge in [0.15, 0.2) is 0 Å². The van der Waals surface area contributed by atoms with Crippen molar-refractivity contribution in [2.75, 3.05) is 13.6 Å². The SMILES string of the molecule is CCCCN=C(NN)N(C)Cc1ccc(C)o1. The number of hydrogen-bond donors (Lipinski definition) is 2. The van der Waals surface area contributed by atoms with Crippen molar-refractivity contribution < 1.29 is 4.42 Å². The Hall–Kier alpha value is -1.49. The van der Waals surface area contributed by atoms with Crippen LogP contribution in [0.2, 0.25) is 0 Å². The second-order valence-corrected chi connectivity index (χ2v) is 4.07. The molecular formula is C12H22N4O. The van der Waals surface area contributed by atoms with E-state index in [1.54, 1.807) is 0 Å². The summed E-state index contributed by atoms with van der Waals surface area (Å²) in [4.78, 5) is 6.34. The van der Waals surface area contributed by atoms with E-state index in [9.17, 15) is 0 Å². The molecule has 0 fully saturated rings. The first kappa shape index (κ1) is 13.6. The minimum atomic E-state index is 0.656. The van der Waals surface area contributed by atoms with E-state index in [1.807, 2.05) is 31.0 Å². The Morgan fingerprint density at radius 2 is 2.29 bits per heavy atom. The van der Waals surface area contributed by atoms with E-state index in [0.29, 0.717) is 12.5 Å². The van der Waals surface area contributed by atoms with Crippen LogP contribution in [0.25, 0.3) is 0 Å². The smallest absolute Gasteiger partial charge is 0.208 e. The summed E-state index contributed by atoms with van der Waals surface area (Å²) in [5.74, 6) is 7.97. The van der Waals surface area contributed by atoms with Gasteiger partial charge in [0.1, 0.15) is 11.5 Å². The fourth-order valence-electron chi connectivity index (χ4n) is 1.50. The third-order valence-corrected chi connectivity index (χ3v) is 2.45. The highest BCUT2D eigenvalue weighted by molar-refractivity contribution is 5.79. The van der Waals surface area contributed by atoms with Crippen LogP contribution in [0.4, 0.5) is 0 Å². The summed E-state index contributed by atoms with van der Waals surface area (Å²) in [5.41, 5.74) is 2.62. The van der Waals surface area contributed by atoms with E-state index in [1.165, 1.54) is 0 Å². The molecule has 0 aliphatic carbocycles. The van der Waals surface area contributed by atoms with Crippen molar-refractivity contribution in [3.63, 3.8) is 0 Å². The summed E-state index contributed by atoms with van der Waals surface area (Å²) in [6.45, 7) is 5.52. The maximum absolute atomic E-state index is 5.51. The molecule has 17 heavy (non-hydrogen) atoms. The standard InChI is InChI=1S/C12H22N4O/c1-4-5-8-14-12(15-13)16(3)9-11-7-6-10(2)17-11/h6-7H,4-5,8-9,13H2,1-3H3,(H,14,15). The molecule has 0 aliphatic heterocycles. The van der Waals surface area contributed by atoms with Gasteiger partial charge in [0.05, 0.1) is 6.54 Å². The van der Waals surface area contributed by atoms with E-state index in [2.05, 4.69) is 17.3 Å². The highest BCUT2D eigenvalue weighted by Crippen LogP contribution is 2.08. The quantitative estimate of drug-likeness (QED) is 0.269. The topological polar surface area (TPSA) is 66.8 Å². The minimum Gasteiger partial charge on any atom is -0.464 e. The summed E-state index contributed by atoms with van der Waals surface area (Å²) in [6.07, 6.45) is 2.20. The number of nitrogens with zero attached hydrogens (tertiary/aromatic N) is 2. The van der Waals surface area contributed by atoms with Gasteiger partial charge in [-0.25, -0.2) is 5.84 Å². The number of aliphatic imine (C=N–C) groups is 1. The Morgan fingerprint density at radius 3 is 2.82 bits per heavy atom. The van der Waals surface area contributed by atoms with Gasteiger partial charge in [-0.05, 0) is 25.5 Å². The number of hydrazine groups is 1. The van der Waals surface area contributed by atoms with Crippen LogP contribution in [-0.2, 0) is 6.54 Å². The molecule has 0 amide bonds. The molecule has 1 aromatic rings. The first-order chi connectivity index (χ1) is 8.17. The van der Waals surface area contributed by atoms with Gasteiger partial charge >= 0.3 is 0 Å². The van der Waals surface area contributed by atoms with Crippen LogP contribution in [0.1, 0.15) is 31.3 Å². The number of hydrogen-bond acceptors (Lipinski definition) is 3. The molecule has 0 radical (unpaired) electrons. The van der Waals surface area contributed by atoms with Crippen molar-refractivity contribution in [1.82, 2.24) is 10.3 Å². The molecule has 1 rings (SSSR count). The van der Waals surface area contributed by atoms with Crippen molar-refractivity contribution in [2.45, 2.75) is 33.2 Å². The fourth-order valence-corrected chi connectivity index (χ4v) is 1.50. The third-order valence-electron chi connectivity index (χ3n) is 2.45. The zero-order chi connectivity index (χ0) is 12.7. The van der Waals surface area contributed by atoms with Gasteiger partial charge in [0.2, 0.25) is 5.96 Å². The van der Waals surface area contributed by atoms with Crippen LogP contribution < -0.4 is 11.3 Å². The molecule has 0 saturated carbocycles. The number of rotatable bonds is 5. The van der Waals surface area contributed by atoms with E-state index in [0.717, 1.165) is 30.9 Å². The Bertz CT molecular complexity index is 359. The second-order valence-electron chi connectivity index (χ2n) is 4.07. The Labute approximate surface area is 103 Å². The highest BCUT2D eigenvalue weighted by Gasteiger charge is 2.07. The summed E-state index contributed by atoms with van der Waals surface area (Å²) >= 11 is 0. The number of guanidine groups is 1. The number of nitrogens with one attached hydrogen (secondary N) is 1. The molecule has 5 nitrogen and oxygen atoms in total. The zero-order valence-corrected chi connectivity index (χ0v) is 10.9. The van der Waals surface area contributed by atoms with Crippen molar-refractivity contribution in [3.8, 4) is 0 Å². The van der Waals surface area contributed by atoms with Crippen molar-refractivity contribution in [1.29, 1.82) is 0 Å². The van der Waals surface area contributed by atoms with Crippen LogP contribution in [0, 0.1) is 6.92 Å². The van der Waals surface area contributed by atoms with Gasteiger partial charge in [-0.15, -0.1) is 0 Å². The second kappa shape index (κ2) is 6.96. The van der Waals surface area contributed by atoms with Gasteiger partial charge < -0.3 is 9.32 Å². The third kappa shape index (κ3) is 4.48. The van der Waals surface area contributed by atoms with Gasteiger partial charge in [-0.2, -0.15) is 0 Å². The zero-order valence-electron chi connectivity index (χ0n) is 10.9. The van der Waals surface area contributed by atoms with Crippen molar-refractivity contribution in [3.05, 3.63) is 23.7 Å². The first-order valence-corrected chi connectivity index (χ1v) is 5.95. The summed E-state index contributed by atoms with van der Waals surface area (Å²) in [6, 6.07) is 3.92. The molecule has 0 spiro atoms. The highest BCUT2D eigenvalue weighted by atomic mass is 16.3. The van der Waals surface area contributed by atoms with Gasteiger partial charge in [0.25, 0.3) is 0 Å². The summed E-state index contributed by atoms with van der Waals surface area (Å²) in [7, 11) is 1.93. The Morgan fingerprint density at radius 1 is 1.53 bits per heavy atom. The molecule has 1 heterocycles. The molecule has 3 N–H and O–H groups in total. The van der Waals surface area contributed by atoms with Crippen LogP contribution in [0.15, 0.2) is 21.5 Å². The number of unbranched alkanes of at least 4 members (excludes halogenated alkanes) is 1. The van der Waals surface area contributed by atoms with Crippen LogP contribution in [-0.4, -0.2) is 24.5 Å². The molecule has 1 aromatic heterocycles. The number of aryl methyl sites for hydroxylation is 1. The maximum Gasteiger partial charge on any atom is 0.208 e. The number of nitrogens with two attached hydrogens (primary N) is 1. The molecule has 0 atom stereocenters. The first-order valence-electron chi connectivity index (χ1n) is 5.95. The lowest BCUT2D eigenvalue weighted by Gasteiger charge is -2.19. The molecule has 0 bridgehead atoms. The van der Waals surface area contributed by atoms with Gasteiger partial charge in [-0.1, -0.05) is 13.3 Å². The monoisotopic (exact) mass is 238 g/mol. The van der Waals surface area contributed by atoms with E-state index in [-0.39, 0.29) is 0 Å². The Kier molecular flexibility index (Phi) is 5.56. The van der Waals surface area contributed by atoms with Crippen molar-refractivity contribution >= 4 is 5.96 Å². The molecular weight excluding hydrogens is 216 g/mol. The van der Waals surface area contributed by atoms with E-state index < -0.39 is 0 Å². The molecule has 0 saturated heterocycles. The minimum absolute atomic E-state index is 0.656. The largest absolute Gasteiger partial charge is 0.464 e. The normalized spacial score (nSPS) is 11.6. The Balaban J connectivity index is 2.54. The predicted molar refractivity (Wildman–Crippen MR) is 69.4 cm³/mol. The average molecular weight is 238 g/mol. The lowest BCUT2D eigenvalue weighted by Crippen LogP contribution is -2.42. The van der Waals surface area contributed by atoms with Crippen LogP contribution in [0.3, 0.4) is 0 Å². The molecule has 0 aromatic carbocycles. The van der Waals surface area contributed by atoms with Gasteiger partial charge in [-0.3, -0.25) is 10.4 Å². The van der Waals surface area contributed by atoms with Crippen molar-refractivity contribution in [2.24, 2.45) is 10.8 Å². The maximum atomic E-state index is 5.51. The molecule has 5 heteroatoms. The molecule has 0 unspecified atom stereocenters.